The summed E-state index contributed by atoms with van der Waals surface area (Å²) in [6.45, 7) is 1.56. The zero-order chi connectivity index (χ0) is 12.5. The average Bonchev–Trinajstić information content (AvgIpc) is 2.59. The van der Waals surface area contributed by atoms with Crippen LogP contribution in [-0.2, 0) is 6.42 Å². The maximum Gasteiger partial charge on any atom is 0.390 e. The standard InChI is InChI=1S/C12H15F3N2/c1-8(7-12(13,14)15)17-10-5-4-9-3-2-6-16-11(9)10/h2-3,6,8,10,17H,4-5,7H2,1H3. The maximum absolute atomic E-state index is 12.2. The number of pyridine rings is 1. The van der Waals surface area contributed by atoms with Crippen LogP contribution in [0.25, 0.3) is 0 Å². The van der Waals surface area contributed by atoms with Gasteiger partial charge in [-0.3, -0.25) is 4.98 Å². The van der Waals surface area contributed by atoms with Crippen LogP contribution in [-0.4, -0.2) is 17.2 Å². The summed E-state index contributed by atoms with van der Waals surface area (Å²) in [6.07, 6.45) is -1.51. The van der Waals surface area contributed by atoms with Crippen LogP contribution in [0.15, 0.2) is 18.3 Å². The third kappa shape index (κ3) is 3.19. The Hall–Kier alpha value is -1.10. The Morgan fingerprint density at radius 2 is 2.29 bits per heavy atom. The molecule has 0 aliphatic heterocycles. The molecule has 17 heavy (non-hydrogen) atoms. The van der Waals surface area contributed by atoms with E-state index in [0.29, 0.717) is 0 Å². The van der Waals surface area contributed by atoms with Crippen LogP contribution in [0.3, 0.4) is 0 Å². The van der Waals surface area contributed by atoms with Gasteiger partial charge in [0.05, 0.1) is 18.2 Å². The van der Waals surface area contributed by atoms with E-state index in [-0.39, 0.29) is 6.04 Å². The van der Waals surface area contributed by atoms with Gasteiger partial charge >= 0.3 is 6.18 Å². The second kappa shape index (κ2) is 4.64. The largest absolute Gasteiger partial charge is 0.390 e. The van der Waals surface area contributed by atoms with Gasteiger partial charge in [0.25, 0.3) is 0 Å². The first kappa shape index (κ1) is 12.4. The van der Waals surface area contributed by atoms with E-state index in [1.807, 2.05) is 12.1 Å². The predicted octanol–water partition coefficient (Wildman–Crippen LogP) is 3.00. The topological polar surface area (TPSA) is 24.9 Å². The molecule has 2 nitrogen and oxygen atoms in total. The molecule has 0 fully saturated rings. The van der Waals surface area contributed by atoms with Crippen molar-refractivity contribution in [2.75, 3.05) is 0 Å². The van der Waals surface area contributed by atoms with Crippen molar-refractivity contribution in [1.82, 2.24) is 10.3 Å². The van der Waals surface area contributed by atoms with Crippen molar-refractivity contribution in [3.8, 4) is 0 Å². The van der Waals surface area contributed by atoms with E-state index in [2.05, 4.69) is 10.3 Å². The zero-order valence-electron chi connectivity index (χ0n) is 9.59. The first-order valence-electron chi connectivity index (χ1n) is 5.72. The molecule has 1 aromatic heterocycles. The molecule has 2 rings (SSSR count). The lowest BCUT2D eigenvalue weighted by Gasteiger charge is -2.20. The number of halogens is 3. The molecule has 2 atom stereocenters. The molecule has 0 bridgehead atoms. The lowest BCUT2D eigenvalue weighted by atomic mass is 10.1. The molecule has 94 valence electrons. The molecule has 1 N–H and O–H groups in total. The predicted molar refractivity (Wildman–Crippen MR) is 58.6 cm³/mol. The second-order valence-corrected chi connectivity index (χ2v) is 4.53. The molecule has 1 aromatic rings. The van der Waals surface area contributed by atoms with E-state index in [4.69, 9.17) is 0 Å². The fourth-order valence-electron chi connectivity index (χ4n) is 2.32. The molecule has 2 unspecified atom stereocenters. The molecule has 5 heteroatoms. The fourth-order valence-corrected chi connectivity index (χ4v) is 2.32. The van der Waals surface area contributed by atoms with Crippen LogP contribution in [0, 0.1) is 0 Å². The molecule has 1 heterocycles. The molecular formula is C12H15F3N2. The van der Waals surface area contributed by atoms with Gasteiger partial charge in [0.15, 0.2) is 0 Å². The highest BCUT2D eigenvalue weighted by atomic mass is 19.4. The summed E-state index contributed by atoms with van der Waals surface area (Å²) in [7, 11) is 0. The summed E-state index contributed by atoms with van der Waals surface area (Å²) in [5, 5.41) is 3.01. The van der Waals surface area contributed by atoms with Gasteiger partial charge < -0.3 is 5.32 Å². The Morgan fingerprint density at radius 3 is 3.00 bits per heavy atom. The number of nitrogens with one attached hydrogen (secondary N) is 1. The average molecular weight is 244 g/mol. The van der Waals surface area contributed by atoms with E-state index in [1.165, 1.54) is 0 Å². The molecule has 0 saturated heterocycles. The Bertz CT molecular complexity index is 390. The summed E-state index contributed by atoms with van der Waals surface area (Å²) in [6, 6.07) is 3.23. The molecule has 0 saturated carbocycles. The van der Waals surface area contributed by atoms with E-state index in [9.17, 15) is 13.2 Å². The summed E-state index contributed by atoms with van der Waals surface area (Å²) in [5.41, 5.74) is 2.05. The van der Waals surface area contributed by atoms with E-state index in [0.717, 1.165) is 24.1 Å². The van der Waals surface area contributed by atoms with Crippen molar-refractivity contribution in [2.24, 2.45) is 0 Å². The number of nitrogens with zero attached hydrogens (tertiary/aromatic N) is 1. The summed E-state index contributed by atoms with van der Waals surface area (Å²) >= 11 is 0. The Balaban J connectivity index is 1.98. The van der Waals surface area contributed by atoms with Gasteiger partial charge in [-0.15, -0.1) is 0 Å². The number of aryl methyl sites for hydroxylation is 1. The minimum Gasteiger partial charge on any atom is -0.306 e. The van der Waals surface area contributed by atoms with Crippen molar-refractivity contribution in [2.45, 2.75) is 44.4 Å². The van der Waals surface area contributed by atoms with Gasteiger partial charge in [0, 0.05) is 12.2 Å². The monoisotopic (exact) mass is 244 g/mol. The number of fused-ring (bicyclic) bond motifs is 1. The first-order chi connectivity index (χ1) is 7.96. The van der Waals surface area contributed by atoms with Crippen LogP contribution in [0.5, 0.6) is 0 Å². The lowest BCUT2D eigenvalue weighted by Crippen LogP contribution is -2.33. The number of alkyl halides is 3. The van der Waals surface area contributed by atoms with Gasteiger partial charge in [-0.2, -0.15) is 13.2 Å². The van der Waals surface area contributed by atoms with Gasteiger partial charge in [-0.05, 0) is 31.4 Å². The van der Waals surface area contributed by atoms with Crippen molar-refractivity contribution >= 4 is 0 Å². The third-order valence-electron chi connectivity index (χ3n) is 2.98. The Morgan fingerprint density at radius 1 is 1.53 bits per heavy atom. The van der Waals surface area contributed by atoms with Gasteiger partial charge in [0.2, 0.25) is 0 Å². The molecule has 0 spiro atoms. The third-order valence-corrected chi connectivity index (χ3v) is 2.98. The minimum absolute atomic E-state index is 0.0384. The van der Waals surface area contributed by atoms with Crippen LogP contribution in [0.2, 0.25) is 0 Å². The van der Waals surface area contributed by atoms with Gasteiger partial charge in [0.1, 0.15) is 0 Å². The molecule has 0 radical (unpaired) electrons. The molecule has 0 aromatic carbocycles. The molecule has 1 aliphatic rings. The van der Waals surface area contributed by atoms with Crippen LogP contribution in [0.1, 0.15) is 37.1 Å². The molecule has 1 aliphatic carbocycles. The normalized spacial score (nSPS) is 21.3. The van der Waals surface area contributed by atoms with Crippen LogP contribution < -0.4 is 5.32 Å². The minimum atomic E-state index is -4.11. The first-order valence-corrected chi connectivity index (χ1v) is 5.72. The van der Waals surface area contributed by atoms with Crippen molar-refractivity contribution in [3.05, 3.63) is 29.6 Å². The van der Waals surface area contributed by atoms with E-state index >= 15 is 0 Å². The Kier molecular flexibility index (Phi) is 3.38. The summed E-state index contributed by atoms with van der Waals surface area (Å²) < 4.78 is 36.7. The molecule has 0 amide bonds. The van der Waals surface area contributed by atoms with Gasteiger partial charge in [-0.1, -0.05) is 6.07 Å². The highest BCUT2D eigenvalue weighted by Crippen LogP contribution is 2.30. The van der Waals surface area contributed by atoms with Gasteiger partial charge in [-0.25, -0.2) is 0 Å². The van der Waals surface area contributed by atoms with Crippen molar-refractivity contribution < 1.29 is 13.2 Å². The zero-order valence-corrected chi connectivity index (χ0v) is 9.59. The Labute approximate surface area is 98.2 Å². The highest BCUT2D eigenvalue weighted by Gasteiger charge is 2.32. The highest BCUT2D eigenvalue weighted by molar-refractivity contribution is 5.27. The van der Waals surface area contributed by atoms with Crippen LogP contribution >= 0.6 is 0 Å². The summed E-state index contributed by atoms with van der Waals surface area (Å²) in [5.74, 6) is 0. The van der Waals surface area contributed by atoms with Crippen LogP contribution in [0.4, 0.5) is 13.2 Å². The fraction of sp³-hybridized carbons (Fsp3) is 0.583. The van der Waals surface area contributed by atoms with E-state index < -0.39 is 18.6 Å². The quantitative estimate of drug-likeness (QED) is 0.884. The van der Waals surface area contributed by atoms with Crippen molar-refractivity contribution in [1.29, 1.82) is 0 Å². The smallest absolute Gasteiger partial charge is 0.306 e. The number of aromatic nitrogens is 1. The van der Waals surface area contributed by atoms with E-state index in [1.54, 1.807) is 13.1 Å². The van der Waals surface area contributed by atoms with Crippen molar-refractivity contribution in [3.63, 3.8) is 0 Å². The SMILES string of the molecule is CC(CC(F)(F)F)NC1CCc2cccnc21. The second-order valence-electron chi connectivity index (χ2n) is 4.53. The lowest BCUT2D eigenvalue weighted by molar-refractivity contribution is -0.139. The number of rotatable bonds is 3. The maximum atomic E-state index is 12.2. The summed E-state index contributed by atoms with van der Waals surface area (Å²) in [4.78, 5) is 4.25. The number of hydrogen-bond donors (Lipinski definition) is 1. The number of hydrogen-bond acceptors (Lipinski definition) is 2. The molecular weight excluding hydrogens is 229 g/mol.